The molecule has 0 aliphatic carbocycles. The van der Waals surface area contributed by atoms with Gasteiger partial charge in [-0.15, -0.1) is 0 Å². The van der Waals surface area contributed by atoms with Crippen LogP contribution in [0.15, 0.2) is 40.8 Å². The van der Waals surface area contributed by atoms with Gasteiger partial charge in [0, 0.05) is 5.56 Å². The quantitative estimate of drug-likeness (QED) is 0.809. The van der Waals surface area contributed by atoms with Gasteiger partial charge < -0.3 is 10.2 Å². The summed E-state index contributed by atoms with van der Waals surface area (Å²) in [6, 6.07) is 12.1. The van der Waals surface area contributed by atoms with E-state index in [0.717, 1.165) is 17.1 Å². The van der Waals surface area contributed by atoms with E-state index in [1.165, 1.54) is 5.56 Å². The summed E-state index contributed by atoms with van der Waals surface area (Å²) >= 11 is 0. The molecule has 1 aromatic heterocycles. The van der Waals surface area contributed by atoms with Crippen LogP contribution in [0, 0.1) is 6.92 Å². The molecule has 0 saturated heterocycles. The van der Waals surface area contributed by atoms with E-state index in [0.29, 0.717) is 0 Å². The molecule has 2 N–H and O–H groups in total. The van der Waals surface area contributed by atoms with Gasteiger partial charge in [-0.3, -0.25) is 0 Å². The zero-order valence-electron chi connectivity index (χ0n) is 9.03. The summed E-state index contributed by atoms with van der Waals surface area (Å²) in [7, 11) is 0. The minimum Gasteiger partial charge on any atom is -0.459 e. The third kappa shape index (κ3) is 2.10. The van der Waals surface area contributed by atoms with Gasteiger partial charge in [0.15, 0.2) is 0 Å². The summed E-state index contributed by atoms with van der Waals surface area (Å²) in [6.45, 7) is 3.98. The third-order valence-corrected chi connectivity index (χ3v) is 2.38. The van der Waals surface area contributed by atoms with Crippen molar-refractivity contribution in [3.63, 3.8) is 0 Å². The summed E-state index contributed by atoms with van der Waals surface area (Å²) < 4.78 is 5.66. The zero-order valence-corrected chi connectivity index (χ0v) is 9.03. The Morgan fingerprint density at radius 2 is 2.00 bits per heavy atom. The maximum absolute atomic E-state index is 5.74. The summed E-state index contributed by atoms with van der Waals surface area (Å²) in [4.78, 5) is 0. The normalized spacial score (nSPS) is 12.7. The van der Waals surface area contributed by atoms with Crippen LogP contribution in [0.3, 0.4) is 0 Å². The molecule has 0 amide bonds. The first-order chi connectivity index (χ1) is 7.16. The molecule has 2 rings (SSSR count). The highest BCUT2D eigenvalue weighted by Gasteiger charge is 2.07. The number of aryl methyl sites for hydroxylation is 1. The van der Waals surface area contributed by atoms with Crippen LogP contribution in [0.4, 0.5) is 0 Å². The van der Waals surface area contributed by atoms with Crippen molar-refractivity contribution in [2.24, 2.45) is 5.73 Å². The lowest BCUT2D eigenvalue weighted by molar-refractivity contribution is 0.491. The van der Waals surface area contributed by atoms with Crippen molar-refractivity contribution in [2.45, 2.75) is 19.9 Å². The second kappa shape index (κ2) is 3.91. The number of furan rings is 1. The number of nitrogens with two attached hydrogens (primary N) is 1. The molecular weight excluding hydrogens is 186 g/mol. The molecule has 15 heavy (non-hydrogen) atoms. The Kier molecular flexibility index (Phi) is 2.60. The molecule has 0 aliphatic heterocycles. The van der Waals surface area contributed by atoms with Crippen molar-refractivity contribution in [2.75, 3.05) is 0 Å². The Labute approximate surface area is 89.7 Å². The van der Waals surface area contributed by atoms with Crippen LogP contribution in [-0.2, 0) is 0 Å². The van der Waals surface area contributed by atoms with E-state index in [2.05, 4.69) is 19.1 Å². The van der Waals surface area contributed by atoms with Gasteiger partial charge in [0.25, 0.3) is 0 Å². The van der Waals surface area contributed by atoms with Crippen LogP contribution in [0.2, 0.25) is 0 Å². The smallest absolute Gasteiger partial charge is 0.134 e. The largest absolute Gasteiger partial charge is 0.459 e. The fraction of sp³-hybridized carbons (Fsp3) is 0.231. The lowest BCUT2D eigenvalue weighted by Gasteiger charge is -2.01. The van der Waals surface area contributed by atoms with Crippen LogP contribution < -0.4 is 5.73 Å². The van der Waals surface area contributed by atoms with Crippen molar-refractivity contribution in [1.29, 1.82) is 0 Å². The number of benzene rings is 1. The first-order valence-corrected chi connectivity index (χ1v) is 5.09. The summed E-state index contributed by atoms with van der Waals surface area (Å²) in [5, 5.41) is 0. The molecule has 0 saturated carbocycles. The summed E-state index contributed by atoms with van der Waals surface area (Å²) in [5.41, 5.74) is 8.07. The van der Waals surface area contributed by atoms with E-state index in [9.17, 15) is 0 Å². The maximum atomic E-state index is 5.74. The fourth-order valence-corrected chi connectivity index (χ4v) is 1.55. The molecule has 0 aliphatic rings. The monoisotopic (exact) mass is 201 g/mol. The maximum Gasteiger partial charge on any atom is 0.134 e. The van der Waals surface area contributed by atoms with E-state index in [1.54, 1.807) is 0 Å². The van der Waals surface area contributed by atoms with Crippen molar-refractivity contribution in [3.8, 4) is 11.3 Å². The van der Waals surface area contributed by atoms with Gasteiger partial charge in [0.05, 0.1) is 6.04 Å². The second-order valence-electron chi connectivity index (χ2n) is 3.86. The zero-order chi connectivity index (χ0) is 10.8. The van der Waals surface area contributed by atoms with Crippen molar-refractivity contribution >= 4 is 0 Å². The molecule has 2 heteroatoms. The van der Waals surface area contributed by atoms with Gasteiger partial charge in [0.1, 0.15) is 11.5 Å². The molecule has 1 atom stereocenters. The van der Waals surface area contributed by atoms with Crippen LogP contribution >= 0.6 is 0 Å². The fourth-order valence-electron chi connectivity index (χ4n) is 1.55. The lowest BCUT2D eigenvalue weighted by Crippen LogP contribution is -2.02. The highest BCUT2D eigenvalue weighted by Crippen LogP contribution is 2.24. The van der Waals surface area contributed by atoms with Gasteiger partial charge in [-0.2, -0.15) is 0 Å². The van der Waals surface area contributed by atoms with Gasteiger partial charge in [-0.05, 0) is 32.0 Å². The highest BCUT2D eigenvalue weighted by atomic mass is 16.3. The van der Waals surface area contributed by atoms with Crippen LogP contribution in [-0.4, -0.2) is 0 Å². The summed E-state index contributed by atoms with van der Waals surface area (Å²) in [5.74, 6) is 1.71. The van der Waals surface area contributed by atoms with Crippen molar-refractivity contribution in [3.05, 3.63) is 47.7 Å². The molecule has 2 nitrogen and oxygen atoms in total. The number of hydrogen-bond acceptors (Lipinski definition) is 2. The molecule has 2 aromatic rings. The predicted octanol–water partition coefficient (Wildman–Crippen LogP) is 3.27. The van der Waals surface area contributed by atoms with Crippen LogP contribution in [0.5, 0.6) is 0 Å². The Bertz CT molecular complexity index is 457. The molecule has 1 heterocycles. The Hall–Kier alpha value is -1.54. The lowest BCUT2D eigenvalue weighted by atomic mass is 10.1. The van der Waals surface area contributed by atoms with Crippen LogP contribution in [0.25, 0.3) is 11.3 Å². The molecule has 1 unspecified atom stereocenters. The molecule has 0 spiro atoms. The van der Waals surface area contributed by atoms with Crippen molar-refractivity contribution in [1.82, 2.24) is 0 Å². The average Bonchev–Trinajstić information content (AvgIpc) is 2.66. The molecule has 0 bridgehead atoms. The molecule has 78 valence electrons. The second-order valence-corrected chi connectivity index (χ2v) is 3.86. The SMILES string of the molecule is Cc1cccc(-c2ccc(C(C)N)o2)c1. The number of rotatable bonds is 2. The third-order valence-electron chi connectivity index (χ3n) is 2.38. The minimum atomic E-state index is -0.0523. The Morgan fingerprint density at radius 1 is 1.20 bits per heavy atom. The van der Waals surface area contributed by atoms with E-state index in [-0.39, 0.29) is 6.04 Å². The average molecular weight is 201 g/mol. The molecular formula is C13H15NO. The van der Waals surface area contributed by atoms with E-state index in [4.69, 9.17) is 10.2 Å². The predicted molar refractivity (Wildman–Crippen MR) is 61.5 cm³/mol. The molecule has 0 fully saturated rings. The molecule has 1 aromatic carbocycles. The Morgan fingerprint density at radius 3 is 2.60 bits per heavy atom. The molecule has 0 radical (unpaired) electrons. The van der Waals surface area contributed by atoms with Gasteiger partial charge >= 0.3 is 0 Å². The van der Waals surface area contributed by atoms with Gasteiger partial charge in [0.2, 0.25) is 0 Å². The minimum absolute atomic E-state index is 0.0523. The van der Waals surface area contributed by atoms with Gasteiger partial charge in [-0.25, -0.2) is 0 Å². The first-order valence-electron chi connectivity index (χ1n) is 5.09. The van der Waals surface area contributed by atoms with Gasteiger partial charge in [-0.1, -0.05) is 23.8 Å². The Balaban J connectivity index is 2.37. The van der Waals surface area contributed by atoms with Crippen molar-refractivity contribution < 1.29 is 4.42 Å². The number of hydrogen-bond donors (Lipinski definition) is 1. The van der Waals surface area contributed by atoms with E-state index >= 15 is 0 Å². The van der Waals surface area contributed by atoms with E-state index in [1.807, 2.05) is 31.2 Å². The standard InChI is InChI=1S/C13H15NO/c1-9-4-3-5-11(8-9)13-7-6-12(15-13)10(2)14/h3-8,10H,14H2,1-2H3. The van der Waals surface area contributed by atoms with E-state index < -0.39 is 0 Å². The van der Waals surface area contributed by atoms with Crippen LogP contribution in [0.1, 0.15) is 24.3 Å². The summed E-state index contributed by atoms with van der Waals surface area (Å²) in [6.07, 6.45) is 0. The first kappa shape index (κ1) is 9.99. The highest BCUT2D eigenvalue weighted by molar-refractivity contribution is 5.58. The topological polar surface area (TPSA) is 39.2 Å².